The molecule has 0 spiro atoms. The fraction of sp³-hybridized carbons (Fsp3) is 0.357. The molecule has 0 aliphatic carbocycles. The Morgan fingerprint density at radius 2 is 2.38 bits per heavy atom. The summed E-state index contributed by atoms with van der Waals surface area (Å²) in [5, 5.41) is 20.1. The van der Waals surface area contributed by atoms with E-state index >= 15 is 0 Å². The van der Waals surface area contributed by atoms with Gasteiger partial charge in [-0.15, -0.1) is 0 Å². The molecular formula is C14H16N2O4S. The van der Waals surface area contributed by atoms with Crippen molar-refractivity contribution in [2.45, 2.75) is 18.2 Å². The summed E-state index contributed by atoms with van der Waals surface area (Å²) in [6.45, 7) is 0. The first-order valence-electron chi connectivity index (χ1n) is 6.19. The SMILES string of the molecule is COc1ccc(CSCCC(NC=O)C(=O)O)cc1C#N. The average Bonchev–Trinajstić information content (AvgIpc) is 2.49. The average molecular weight is 308 g/mol. The summed E-state index contributed by atoms with van der Waals surface area (Å²) in [7, 11) is 1.51. The van der Waals surface area contributed by atoms with Gasteiger partial charge in [-0.05, 0) is 29.9 Å². The number of nitriles is 1. The van der Waals surface area contributed by atoms with Gasteiger partial charge in [0, 0.05) is 5.75 Å². The van der Waals surface area contributed by atoms with E-state index in [0.717, 1.165) is 5.56 Å². The Hall–Kier alpha value is -2.20. The molecule has 1 unspecified atom stereocenters. The number of amides is 1. The van der Waals surface area contributed by atoms with Crippen LogP contribution in [0.15, 0.2) is 18.2 Å². The van der Waals surface area contributed by atoms with Gasteiger partial charge in [-0.25, -0.2) is 4.79 Å². The Morgan fingerprint density at radius 1 is 1.62 bits per heavy atom. The molecule has 0 aromatic heterocycles. The first-order valence-corrected chi connectivity index (χ1v) is 7.35. The lowest BCUT2D eigenvalue weighted by Gasteiger charge is -2.10. The van der Waals surface area contributed by atoms with E-state index in [-0.39, 0.29) is 0 Å². The molecule has 0 fully saturated rings. The minimum atomic E-state index is -1.04. The van der Waals surface area contributed by atoms with Crippen LogP contribution in [0.2, 0.25) is 0 Å². The van der Waals surface area contributed by atoms with Gasteiger partial charge in [0.2, 0.25) is 6.41 Å². The first-order chi connectivity index (χ1) is 10.1. The second kappa shape index (κ2) is 8.87. The van der Waals surface area contributed by atoms with Gasteiger partial charge in [0.15, 0.2) is 0 Å². The summed E-state index contributed by atoms with van der Waals surface area (Å²) in [6, 6.07) is 6.56. The minimum Gasteiger partial charge on any atom is -0.495 e. The van der Waals surface area contributed by atoms with Crippen LogP contribution in [-0.4, -0.2) is 36.4 Å². The maximum atomic E-state index is 10.8. The molecule has 0 heterocycles. The molecular weight excluding hydrogens is 292 g/mol. The topological polar surface area (TPSA) is 99.4 Å². The van der Waals surface area contributed by atoms with Crippen molar-refractivity contribution in [1.29, 1.82) is 5.26 Å². The number of thioether (sulfide) groups is 1. The van der Waals surface area contributed by atoms with E-state index in [1.165, 1.54) is 7.11 Å². The molecule has 0 bridgehead atoms. The maximum absolute atomic E-state index is 10.8. The molecule has 0 saturated heterocycles. The van der Waals surface area contributed by atoms with Crippen LogP contribution >= 0.6 is 11.8 Å². The Kier molecular flexibility index (Phi) is 7.12. The number of carboxylic acids is 1. The third-order valence-corrected chi connectivity index (χ3v) is 3.83. The monoisotopic (exact) mass is 308 g/mol. The van der Waals surface area contributed by atoms with Crippen molar-refractivity contribution in [3.63, 3.8) is 0 Å². The van der Waals surface area contributed by atoms with Gasteiger partial charge < -0.3 is 15.2 Å². The van der Waals surface area contributed by atoms with Crippen LogP contribution in [0.1, 0.15) is 17.5 Å². The number of carboxylic acid groups (broad SMARTS) is 1. The van der Waals surface area contributed by atoms with Gasteiger partial charge in [-0.1, -0.05) is 6.07 Å². The van der Waals surface area contributed by atoms with E-state index in [0.29, 0.717) is 35.6 Å². The molecule has 1 aromatic carbocycles. The fourth-order valence-corrected chi connectivity index (χ4v) is 2.65. The van der Waals surface area contributed by atoms with Gasteiger partial charge >= 0.3 is 5.97 Å². The van der Waals surface area contributed by atoms with E-state index in [1.54, 1.807) is 23.9 Å². The number of hydrogen-bond acceptors (Lipinski definition) is 5. The largest absolute Gasteiger partial charge is 0.495 e. The smallest absolute Gasteiger partial charge is 0.326 e. The van der Waals surface area contributed by atoms with Crippen LogP contribution in [0, 0.1) is 11.3 Å². The number of aliphatic carboxylic acids is 1. The second-order valence-electron chi connectivity index (χ2n) is 4.16. The predicted octanol–water partition coefficient (Wildman–Crippen LogP) is 1.39. The third-order valence-electron chi connectivity index (χ3n) is 2.77. The molecule has 2 N–H and O–H groups in total. The number of methoxy groups -OCH3 is 1. The Bertz CT molecular complexity index is 542. The van der Waals surface area contributed by atoms with Gasteiger partial charge in [-0.2, -0.15) is 17.0 Å². The van der Waals surface area contributed by atoms with E-state index < -0.39 is 12.0 Å². The molecule has 0 aliphatic heterocycles. The molecule has 7 heteroatoms. The Labute approximate surface area is 127 Å². The van der Waals surface area contributed by atoms with Crippen molar-refractivity contribution >= 4 is 24.1 Å². The van der Waals surface area contributed by atoms with E-state index in [9.17, 15) is 9.59 Å². The molecule has 0 saturated carbocycles. The third kappa shape index (κ3) is 5.36. The molecule has 1 aromatic rings. The Morgan fingerprint density at radius 3 is 2.95 bits per heavy atom. The molecule has 1 amide bonds. The number of benzene rings is 1. The van der Waals surface area contributed by atoms with Gasteiger partial charge in [0.05, 0.1) is 12.7 Å². The standard InChI is InChI=1S/C14H16N2O4S/c1-20-13-3-2-10(6-11(13)7-15)8-21-5-4-12(14(18)19)16-9-17/h2-3,6,9,12H,4-5,8H2,1H3,(H,16,17)(H,18,19). The van der Waals surface area contributed by atoms with Crippen LogP contribution in [-0.2, 0) is 15.3 Å². The van der Waals surface area contributed by atoms with Gasteiger partial charge in [0.25, 0.3) is 0 Å². The molecule has 1 rings (SSSR count). The molecule has 6 nitrogen and oxygen atoms in total. The molecule has 0 aliphatic rings. The zero-order valence-corrected chi connectivity index (χ0v) is 12.4. The number of nitrogens with one attached hydrogen (secondary N) is 1. The lowest BCUT2D eigenvalue weighted by Crippen LogP contribution is -2.36. The number of ether oxygens (including phenoxy) is 1. The zero-order chi connectivity index (χ0) is 15.7. The lowest BCUT2D eigenvalue weighted by molar-refractivity contribution is -0.140. The van der Waals surface area contributed by atoms with Crippen molar-refractivity contribution in [2.75, 3.05) is 12.9 Å². The quantitative estimate of drug-likeness (QED) is 0.528. The highest BCUT2D eigenvalue weighted by molar-refractivity contribution is 7.98. The van der Waals surface area contributed by atoms with Crippen LogP contribution < -0.4 is 10.1 Å². The number of hydrogen-bond donors (Lipinski definition) is 2. The first kappa shape index (κ1) is 16.9. The van der Waals surface area contributed by atoms with Gasteiger partial charge in [0.1, 0.15) is 17.9 Å². The number of carbonyl (C=O) groups excluding carboxylic acids is 1. The highest BCUT2D eigenvalue weighted by atomic mass is 32.2. The summed E-state index contributed by atoms with van der Waals surface area (Å²) in [5.41, 5.74) is 1.44. The summed E-state index contributed by atoms with van der Waals surface area (Å²) < 4.78 is 5.07. The van der Waals surface area contributed by atoms with Crippen molar-refractivity contribution in [2.24, 2.45) is 0 Å². The highest BCUT2D eigenvalue weighted by Crippen LogP contribution is 2.22. The van der Waals surface area contributed by atoms with Crippen molar-refractivity contribution in [3.8, 4) is 11.8 Å². The maximum Gasteiger partial charge on any atom is 0.326 e. The molecule has 21 heavy (non-hydrogen) atoms. The summed E-state index contributed by atoms with van der Waals surface area (Å²) in [4.78, 5) is 21.1. The van der Waals surface area contributed by atoms with Crippen LogP contribution in [0.3, 0.4) is 0 Å². The van der Waals surface area contributed by atoms with Crippen molar-refractivity contribution in [3.05, 3.63) is 29.3 Å². The highest BCUT2D eigenvalue weighted by Gasteiger charge is 2.15. The van der Waals surface area contributed by atoms with E-state index in [4.69, 9.17) is 15.1 Å². The van der Waals surface area contributed by atoms with E-state index in [2.05, 4.69) is 11.4 Å². The fourth-order valence-electron chi connectivity index (χ4n) is 1.68. The van der Waals surface area contributed by atoms with Crippen molar-refractivity contribution < 1.29 is 19.4 Å². The number of nitrogens with zero attached hydrogens (tertiary/aromatic N) is 1. The summed E-state index contributed by atoms with van der Waals surface area (Å²) >= 11 is 1.54. The normalized spacial score (nSPS) is 11.2. The molecule has 0 radical (unpaired) electrons. The molecule has 1 atom stereocenters. The van der Waals surface area contributed by atoms with Crippen LogP contribution in [0.25, 0.3) is 0 Å². The van der Waals surface area contributed by atoms with E-state index in [1.807, 2.05) is 6.07 Å². The summed E-state index contributed by atoms with van der Waals surface area (Å²) in [6.07, 6.45) is 0.742. The second-order valence-corrected chi connectivity index (χ2v) is 5.27. The minimum absolute atomic E-state index is 0.347. The van der Waals surface area contributed by atoms with Gasteiger partial charge in [-0.3, -0.25) is 4.79 Å². The number of rotatable bonds is 9. The Balaban J connectivity index is 2.47. The van der Waals surface area contributed by atoms with Crippen LogP contribution in [0.4, 0.5) is 0 Å². The summed E-state index contributed by atoms with van der Waals surface area (Å²) in [5.74, 6) is 0.740. The predicted molar refractivity (Wildman–Crippen MR) is 79.1 cm³/mol. The van der Waals surface area contributed by atoms with Crippen molar-refractivity contribution in [1.82, 2.24) is 5.32 Å². The lowest BCUT2D eigenvalue weighted by atomic mass is 10.1. The number of carbonyl (C=O) groups is 2. The zero-order valence-electron chi connectivity index (χ0n) is 11.5. The van der Waals surface area contributed by atoms with Crippen LogP contribution in [0.5, 0.6) is 5.75 Å². The molecule has 112 valence electrons.